The topological polar surface area (TPSA) is 33.0 Å². The van der Waals surface area contributed by atoms with Gasteiger partial charge in [0.1, 0.15) is 23.1 Å². The van der Waals surface area contributed by atoms with Crippen molar-refractivity contribution in [3.05, 3.63) is 57.6 Å². The van der Waals surface area contributed by atoms with Gasteiger partial charge in [0.2, 0.25) is 0 Å². The molecule has 0 amide bonds. The van der Waals surface area contributed by atoms with Crippen LogP contribution in [0.25, 0.3) is 0 Å². The lowest BCUT2D eigenvalue weighted by atomic mass is 10.2. The van der Waals surface area contributed by atoms with E-state index in [1.165, 1.54) is 0 Å². The van der Waals surface area contributed by atoms with Crippen LogP contribution in [0.3, 0.4) is 0 Å². The van der Waals surface area contributed by atoms with Crippen LogP contribution < -0.4 is 4.74 Å². The minimum absolute atomic E-state index is 0.326. The molecule has 0 N–H and O–H groups in total. The van der Waals surface area contributed by atoms with Gasteiger partial charge in [0.25, 0.3) is 0 Å². The summed E-state index contributed by atoms with van der Waals surface area (Å²) < 4.78 is 5.65. The summed E-state index contributed by atoms with van der Waals surface area (Å²) in [5.74, 6) is 1.06. The fourth-order valence-corrected chi connectivity index (χ4v) is 1.83. The molecule has 0 bridgehead atoms. The number of nitriles is 1. The summed E-state index contributed by atoms with van der Waals surface area (Å²) in [5, 5.41) is 10.1. The monoisotopic (exact) mass is 277 g/mol. The maximum Gasteiger partial charge on any atom is 0.146 e. The van der Waals surface area contributed by atoms with E-state index in [4.69, 9.17) is 33.2 Å². The molecular weight excluding hydrogens is 269 g/mol. The molecule has 2 aromatic rings. The first-order valence-corrected chi connectivity index (χ1v) is 6.00. The Hall–Kier alpha value is -1.69. The molecule has 0 unspecified atom stereocenters. The molecule has 0 aliphatic rings. The highest BCUT2D eigenvalue weighted by molar-refractivity contribution is 6.32. The van der Waals surface area contributed by atoms with Crippen molar-refractivity contribution in [2.45, 2.75) is 6.92 Å². The Morgan fingerprint density at radius 3 is 2.56 bits per heavy atom. The van der Waals surface area contributed by atoms with Crippen LogP contribution in [-0.4, -0.2) is 0 Å². The number of benzene rings is 2. The summed E-state index contributed by atoms with van der Waals surface area (Å²) in [6.07, 6.45) is 0. The molecule has 2 rings (SSSR count). The summed E-state index contributed by atoms with van der Waals surface area (Å²) in [6, 6.07) is 12.4. The van der Waals surface area contributed by atoms with Crippen LogP contribution in [0, 0.1) is 18.3 Å². The molecule has 0 spiro atoms. The number of halogens is 2. The van der Waals surface area contributed by atoms with Gasteiger partial charge in [-0.25, -0.2) is 0 Å². The quantitative estimate of drug-likeness (QED) is 0.777. The number of nitrogens with zero attached hydrogens (tertiary/aromatic N) is 1. The van der Waals surface area contributed by atoms with Crippen LogP contribution in [0.1, 0.15) is 11.1 Å². The average molecular weight is 278 g/mol. The zero-order chi connectivity index (χ0) is 13.1. The van der Waals surface area contributed by atoms with Gasteiger partial charge in [-0.1, -0.05) is 29.3 Å². The first-order chi connectivity index (χ1) is 8.61. The molecule has 2 nitrogen and oxygen atoms in total. The van der Waals surface area contributed by atoms with Crippen LogP contribution >= 0.6 is 23.2 Å². The molecule has 2 aromatic carbocycles. The minimum Gasteiger partial charge on any atom is -0.456 e. The second-order valence-corrected chi connectivity index (χ2v) is 4.55. The van der Waals surface area contributed by atoms with E-state index in [9.17, 15) is 0 Å². The lowest BCUT2D eigenvalue weighted by molar-refractivity contribution is 0.481. The highest BCUT2D eigenvalue weighted by atomic mass is 35.5. The predicted molar refractivity (Wildman–Crippen MR) is 72.4 cm³/mol. The van der Waals surface area contributed by atoms with Gasteiger partial charge in [-0.05, 0) is 42.8 Å². The molecular formula is C14H9Cl2NO. The van der Waals surface area contributed by atoms with Crippen molar-refractivity contribution in [2.24, 2.45) is 0 Å². The molecule has 0 saturated carbocycles. The third kappa shape index (κ3) is 2.59. The Morgan fingerprint density at radius 1 is 1.11 bits per heavy atom. The van der Waals surface area contributed by atoms with E-state index < -0.39 is 0 Å². The second-order valence-electron chi connectivity index (χ2n) is 3.74. The second kappa shape index (κ2) is 5.30. The third-order valence-corrected chi connectivity index (χ3v) is 3.18. The SMILES string of the molecule is Cc1cc(Oc2cccc(Cl)c2C#N)ccc1Cl. The summed E-state index contributed by atoms with van der Waals surface area (Å²) in [7, 11) is 0. The van der Waals surface area contributed by atoms with Gasteiger partial charge in [0.15, 0.2) is 0 Å². The molecule has 18 heavy (non-hydrogen) atoms. The summed E-state index contributed by atoms with van der Waals surface area (Å²) in [6.45, 7) is 1.89. The van der Waals surface area contributed by atoms with E-state index in [-0.39, 0.29) is 0 Å². The maximum absolute atomic E-state index is 9.04. The van der Waals surface area contributed by atoms with Crippen molar-refractivity contribution in [2.75, 3.05) is 0 Å². The average Bonchev–Trinajstić information content (AvgIpc) is 2.34. The van der Waals surface area contributed by atoms with E-state index in [0.29, 0.717) is 27.1 Å². The van der Waals surface area contributed by atoms with E-state index in [1.54, 1.807) is 30.3 Å². The van der Waals surface area contributed by atoms with Crippen LogP contribution in [0.15, 0.2) is 36.4 Å². The van der Waals surface area contributed by atoms with E-state index in [2.05, 4.69) is 0 Å². The van der Waals surface area contributed by atoms with Crippen LogP contribution in [0.4, 0.5) is 0 Å². The predicted octanol–water partition coefficient (Wildman–Crippen LogP) is 4.97. The molecule has 0 aliphatic heterocycles. The van der Waals surface area contributed by atoms with Crippen LogP contribution in [-0.2, 0) is 0 Å². The number of hydrogen-bond acceptors (Lipinski definition) is 2. The van der Waals surface area contributed by atoms with Crippen molar-refractivity contribution in [3.8, 4) is 17.6 Å². The molecule has 0 atom stereocenters. The van der Waals surface area contributed by atoms with Gasteiger partial charge in [-0.2, -0.15) is 5.26 Å². The van der Waals surface area contributed by atoms with Crippen molar-refractivity contribution < 1.29 is 4.74 Å². The fourth-order valence-electron chi connectivity index (χ4n) is 1.51. The minimum atomic E-state index is 0.326. The molecule has 0 aliphatic carbocycles. The summed E-state index contributed by atoms with van der Waals surface area (Å²) in [5.41, 5.74) is 1.24. The first kappa shape index (κ1) is 12.8. The van der Waals surface area contributed by atoms with Crippen molar-refractivity contribution in [1.29, 1.82) is 5.26 Å². The zero-order valence-electron chi connectivity index (χ0n) is 9.58. The van der Waals surface area contributed by atoms with Gasteiger partial charge in [-0.15, -0.1) is 0 Å². The van der Waals surface area contributed by atoms with E-state index in [1.807, 2.05) is 19.1 Å². The van der Waals surface area contributed by atoms with Gasteiger partial charge >= 0.3 is 0 Å². The largest absolute Gasteiger partial charge is 0.456 e. The number of hydrogen-bond donors (Lipinski definition) is 0. The smallest absolute Gasteiger partial charge is 0.146 e. The lowest BCUT2D eigenvalue weighted by Gasteiger charge is -2.09. The Labute approximate surface area is 115 Å². The van der Waals surface area contributed by atoms with Crippen LogP contribution in [0.5, 0.6) is 11.5 Å². The van der Waals surface area contributed by atoms with Crippen molar-refractivity contribution in [3.63, 3.8) is 0 Å². The van der Waals surface area contributed by atoms with Crippen molar-refractivity contribution in [1.82, 2.24) is 0 Å². The third-order valence-electron chi connectivity index (χ3n) is 2.44. The highest BCUT2D eigenvalue weighted by Crippen LogP contribution is 2.31. The van der Waals surface area contributed by atoms with Crippen LogP contribution in [0.2, 0.25) is 10.0 Å². The maximum atomic E-state index is 9.04. The molecule has 0 aromatic heterocycles. The Balaban J connectivity index is 2.37. The summed E-state index contributed by atoms with van der Waals surface area (Å²) in [4.78, 5) is 0. The van der Waals surface area contributed by atoms with E-state index in [0.717, 1.165) is 5.56 Å². The molecule has 0 saturated heterocycles. The number of aryl methyl sites for hydroxylation is 1. The van der Waals surface area contributed by atoms with Gasteiger partial charge in [-0.3, -0.25) is 0 Å². The molecule has 0 heterocycles. The van der Waals surface area contributed by atoms with Gasteiger partial charge in [0.05, 0.1) is 5.02 Å². The Morgan fingerprint density at radius 2 is 1.89 bits per heavy atom. The standard InChI is InChI=1S/C14H9Cl2NO/c1-9-7-10(5-6-12(9)15)18-14-4-2-3-13(16)11(14)8-17/h2-7H,1H3. The molecule has 0 fully saturated rings. The number of ether oxygens (including phenoxy) is 1. The van der Waals surface area contributed by atoms with E-state index >= 15 is 0 Å². The summed E-state index contributed by atoms with van der Waals surface area (Å²) >= 11 is 11.9. The Bertz CT molecular complexity index is 632. The molecule has 4 heteroatoms. The van der Waals surface area contributed by atoms with Gasteiger partial charge in [0, 0.05) is 5.02 Å². The fraction of sp³-hybridized carbons (Fsp3) is 0.0714. The first-order valence-electron chi connectivity index (χ1n) is 5.24. The molecule has 90 valence electrons. The normalized spacial score (nSPS) is 9.89. The number of rotatable bonds is 2. The lowest BCUT2D eigenvalue weighted by Crippen LogP contribution is -1.89. The van der Waals surface area contributed by atoms with Gasteiger partial charge < -0.3 is 4.74 Å². The zero-order valence-corrected chi connectivity index (χ0v) is 11.1. The molecule has 0 radical (unpaired) electrons. The Kier molecular flexibility index (Phi) is 3.76. The van der Waals surface area contributed by atoms with Crippen molar-refractivity contribution >= 4 is 23.2 Å². The highest BCUT2D eigenvalue weighted by Gasteiger charge is 2.09.